The highest BCUT2D eigenvalue weighted by Crippen LogP contribution is 2.34. The van der Waals surface area contributed by atoms with Gasteiger partial charge in [0.2, 0.25) is 21.9 Å². The molecule has 0 spiro atoms. The van der Waals surface area contributed by atoms with Gasteiger partial charge in [-0.15, -0.1) is 0 Å². The molecule has 18 heteroatoms. The molecule has 270 valence electrons. The zero-order valence-electron chi connectivity index (χ0n) is 27.8. The number of piperidine rings is 2. The van der Waals surface area contributed by atoms with Crippen molar-refractivity contribution < 1.29 is 31.2 Å². The highest BCUT2D eigenvalue weighted by molar-refractivity contribution is 7.89. The SMILES string of the molecule is Cn1nc(N2CCC(=O)NC2=O)c2ccc(C3CCN(Cc4cncc(S(=O)(=O)N5CCC(Nc6ncc(C(F)(F)F)cn6)CC5)c4)CC3)cc21. The van der Waals surface area contributed by atoms with Crippen molar-refractivity contribution in [1.29, 1.82) is 0 Å². The largest absolute Gasteiger partial charge is 0.419 e. The number of aryl methyl sites for hydroxylation is 1. The number of carbonyl (C=O) groups is 2. The number of carbonyl (C=O) groups excluding carboxylic acids is 2. The van der Waals surface area contributed by atoms with E-state index in [1.165, 1.54) is 21.0 Å². The minimum atomic E-state index is -4.52. The zero-order valence-corrected chi connectivity index (χ0v) is 28.6. The van der Waals surface area contributed by atoms with Crippen LogP contribution in [0.3, 0.4) is 0 Å². The van der Waals surface area contributed by atoms with E-state index in [1.54, 1.807) is 16.9 Å². The van der Waals surface area contributed by atoms with Crippen molar-refractivity contribution in [3.63, 3.8) is 0 Å². The Labute approximate surface area is 292 Å². The van der Waals surface area contributed by atoms with Crippen LogP contribution in [-0.2, 0) is 34.6 Å². The lowest BCUT2D eigenvalue weighted by atomic mass is 9.89. The van der Waals surface area contributed by atoms with Gasteiger partial charge >= 0.3 is 12.2 Å². The van der Waals surface area contributed by atoms with Gasteiger partial charge in [-0.05, 0) is 74.0 Å². The van der Waals surface area contributed by atoms with E-state index in [-0.39, 0.29) is 48.8 Å². The van der Waals surface area contributed by atoms with E-state index in [0.29, 0.717) is 31.1 Å². The molecule has 0 bridgehead atoms. The van der Waals surface area contributed by atoms with E-state index < -0.39 is 27.8 Å². The van der Waals surface area contributed by atoms with E-state index in [0.717, 1.165) is 54.8 Å². The number of nitrogens with zero attached hydrogens (tertiary/aromatic N) is 8. The Balaban J connectivity index is 0.930. The fraction of sp³-hybridized carbons (Fsp3) is 0.455. The predicted molar refractivity (Wildman–Crippen MR) is 180 cm³/mol. The first-order valence-corrected chi connectivity index (χ1v) is 18.2. The predicted octanol–water partition coefficient (Wildman–Crippen LogP) is 3.87. The fourth-order valence-electron chi connectivity index (χ4n) is 6.97. The van der Waals surface area contributed by atoms with Gasteiger partial charge in [0.25, 0.3) is 0 Å². The number of imide groups is 1. The number of anilines is 2. The van der Waals surface area contributed by atoms with Gasteiger partial charge in [-0.25, -0.2) is 23.2 Å². The number of halogens is 3. The molecule has 3 fully saturated rings. The van der Waals surface area contributed by atoms with Crippen molar-refractivity contribution in [3.05, 3.63) is 65.7 Å². The van der Waals surface area contributed by atoms with Crippen LogP contribution in [0.15, 0.2) is 53.9 Å². The number of amides is 3. The maximum absolute atomic E-state index is 13.5. The molecule has 0 atom stereocenters. The lowest BCUT2D eigenvalue weighted by Crippen LogP contribution is -2.49. The number of fused-ring (bicyclic) bond motifs is 1. The van der Waals surface area contributed by atoms with Crippen molar-refractivity contribution in [1.82, 2.24) is 39.3 Å². The molecule has 3 amide bonds. The van der Waals surface area contributed by atoms with Crippen LogP contribution < -0.4 is 15.5 Å². The van der Waals surface area contributed by atoms with Gasteiger partial charge in [-0.3, -0.25) is 29.6 Å². The van der Waals surface area contributed by atoms with E-state index in [4.69, 9.17) is 0 Å². The smallest absolute Gasteiger partial charge is 0.351 e. The van der Waals surface area contributed by atoms with Crippen molar-refractivity contribution in [3.8, 4) is 0 Å². The van der Waals surface area contributed by atoms with Crippen LogP contribution in [0.4, 0.5) is 29.7 Å². The number of pyridine rings is 1. The molecule has 0 unspecified atom stereocenters. The van der Waals surface area contributed by atoms with E-state index in [2.05, 4.69) is 47.7 Å². The Kier molecular flexibility index (Phi) is 9.40. The number of alkyl halides is 3. The zero-order chi connectivity index (χ0) is 35.9. The third-order valence-corrected chi connectivity index (χ3v) is 11.7. The third-order valence-electron chi connectivity index (χ3n) is 9.80. The number of rotatable bonds is 8. The maximum atomic E-state index is 13.5. The lowest BCUT2D eigenvalue weighted by Gasteiger charge is -2.33. The minimum Gasteiger partial charge on any atom is -0.351 e. The number of benzene rings is 1. The molecule has 1 aromatic carbocycles. The average Bonchev–Trinajstić information content (AvgIpc) is 3.44. The second kappa shape index (κ2) is 13.8. The van der Waals surface area contributed by atoms with Crippen molar-refractivity contribution in [2.75, 3.05) is 42.9 Å². The summed E-state index contributed by atoms with van der Waals surface area (Å²) >= 11 is 0. The second-order valence-electron chi connectivity index (χ2n) is 13.2. The number of nitrogens with one attached hydrogen (secondary N) is 2. The van der Waals surface area contributed by atoms with E-state index in [9.17, 15) is 31.2 Å². The summed E-state index contributed by atoms with van der Waals surface area (Å²) < 4.78 is 68.7. The van der Waals surface area contributed by atoms with Gasteiger partial charge in [-0.1, -0.05) is 6.07 Å². The van der Waals surface area contributed by atoms with Crippen LogP contribution in [0.25, 0.3) is 10.9 Å². The third kappa shape index (κ3) is 7.38. The molecule has 0 aliphatic carbocycles. The molecule has 2 N–H and O–H groups in total. The second-order valence-corrected chi connectivity index (χ2v) is 15.1. The monoisotopic (exact) mass is 726 g/mol. The molecular formula is C33H37F3N10O4S. The van der Waals surface area contributed by atoms with Crippen molar-refractivity contribution >= 4 is 44.6 Å². The van der Waals surface area contributed by atoms with E-state index >= 15 is 0 Å². The van der Waals surface area contributed by atoms with Gasteiger partial charge in [0.1, 0.15) is 4.90 Å². The Morgan fingerprint density at radius 1 is 0.941 bits per heavy atom. The summed E-state index contributed by atoms with van der Waals surface area (Å²) in [6.07, 6.45) is 2.92. The number of urea groups is 1. The molecule has 4 aromatic rings. The number of sulfonamides is 1. The molecule has 6 heterocycles. The average molecular weight is 727 g/mol. The van der Waals surface area contributed by atoms with Crippen LogP contribution >= 0.6 is 0 Å². The van der Waals surface area contributed by atoms with E-state index in [1.807, 2.05) is 13.1 Å². The molecule has 7 rings (SSSR count). The fourth-order valence-corrected chi connectivity index (χ4v) is 8.45. The molecule has 3 saturated heterocycles. The van der Waals surface area contributed by atoms with Gasteiger partial charge in [0, 0.05) is 75.9 Å². The molecule has 51 heavy (non-hydrogen) atoms. The molecule has 3 aliphatic heterocycles. The van der Waals surface area contributed by atoms with Gasteiger partial charge in [0.05, 0.1) is 11.1 Å². The first kappa shape index (κ1) is 34.8. The Morgan fingerprint density at radius 3 is 2.35 bits per heavy atom. The van der Waals surface area contributed by atoms with Crippen LogP contribution in [0, 0.1) is 0 Å². The molecule has 0 radical (unpaired) electrons. The molecule has 0 saturated carbocycles. The van der Waals surface area contributed by atoms with Crippen LogP contribution in [0.5, 0.6) is 0 Å². The number of hydrogen-bond acceptors (Lipinski definition) is 10. The molecule has 14 nitrogen and oxygen atoms in total. The summed E-state index contributed by atoms with van der Waals surface area (Å²) in [7, 11) is -1.96. The van der Waals surface area contributed by atoms with Crippen LogP contribution in [-0.4, -0.2) is 93.1 Å². The van der Waals surface area contributed by atoms with Crippen molar-refractivity contribution in [2.45, 2.75) is 61.7 Å². The topological polar surface area (TPSA) is 159 Å². The summed E-state index contributed by atoms with van der Waals surface area (Å²) in [5.41, 5.74) is 1.97. The quantitative estimate of drug-likeness (QED) is 0.273. The summed E-state index contributed by atoms with van der Waals surface area (Å²) in [6.45, 7) is 2.96. The molecular weight excluding hydrogens is 689 g/mol. The number of hydrogen-bond donors (Lipinski definition) is 2. The van der Waals surface area contributed by atoms with Gasteiger partial charge < -0.3 is 5.32 Å². The maximum Gasteiger partial charge on any atom is 0.419 e. The Morgan fingerprint density at radius 2 is 1.67 bits per heavy atom. The normalized spacial score (nSPS) is 19.1. The molecule has 3 aromatic heterocycles. The standard InChI is InChI=1S/C33H37F3N10O4S/c1-43-28-15-23(2-3-27(28)30(42-43)46-13-8-29(47)41-32(46)48)22-4-9-44(10-5-22)20-21-14-26(19-37-16-21)51(49,50)45-11-6-25(7-12-45)40-31-38-17-24(18-39-31)33(34,35)36/h2-3,14-19,22,25H,4-13,20H2,1H3,(H,38,39,40)(H,41,47,48). The van der Waals surface area contributed by atoms with Crippen LogP contribution in [0.1, 0.15) is 54.7 Å². The minimum absolute atomic E-state index is 0.0683. The summed E-state index contributed by atoms with van der Waals surface area (Å²) in [5, 5.41) is 10.8. The summed E-state index contributed by atoms with van der Waals surface area (Å²) in [5.74, 6) is 0.637. The first-order valence-electron chi connectivity index (χ1n) is 16.8. The Bertz CT molecular complexity index is 2040. The molecule has 3 aliphatic rings. The lowest BCUT2D eigenvalue weighted by molar-refractivity contribution is -0.138. The summed E-state index contributed by atoms with van der Waals surface area (Å²) in [4.78, 5) is 39.7. The highest BCUT2D eigenvalue weighted by Gasteiger charge is 2.33. The first-order chi connectivity index (χ1) is 24.3. The summed E-state index contributed by atoms with van der Waals surface area (Å²) in [6, 6.07) is 7.24. The number of likely N-dealkylation sites (tertiary alicyclic amines) is 1. The number of aromatic nitrogens is 5. The van der Waals surface area contributed by atoms with Gasteiger partial charge in [-0.2, -0.15) is 22.6 Å². The van der Waals surface area contributed by atoms with Crippen LogP contribution in [0.2, 0.25) is 0 Å². The van der Waals surface area contributed by atoms with Crippen molar-refractivity contribution in [2.24, 2.45) is 7.05 Å². The van der Waals surface area contributed by atoms with Gasteiger partial charge in [0.15, 0.2) is 5.82 Å². The highest BCUT2D eigenvalue weighted by atomic mass is 32.2. The Hall–Kier alpha value is -4.68.